The van der Waals surface area contributed by atoms with Gasteiger partial charge in [0.1, 0.15) is 0 Å². The zero-order chi connectivity index (χ0) is 9.10. The summed E-state index contributed by atoms with van der Waals surface area (Å²) in [5.41, 5.74) is 1.26. The summed E-state index contributed by atoms with van der Waals surface area (Å²) in [5, 5.41) is 12.9. The lowest BCUT2D eigenvalue weighted by Gasteiger charge is -2.28. The van der Waals surface area contributed by atoms with E-state index in [0.29, 0.717) is 5.92 Å². The van der Waals surface area contributed by atoms with Crippen molar-refractivity contribution in [3.05, 3.63) is 35.9 Å². The highest BCUT2D eigenvalue weighted by Gasteiger charge is 2.23. The second-order valence-electron chi connectivity index (χ2n) is 3.58. The third kappa shape index (κ3) is 2.47. The molecule has 2 rings (SSSR count). The average Bonchev–Trinajstić information content (AvgIpc) is 2.20. The van der Waals surface area contributed by atoms with Gasteiger partial charge in [0.15, 0.2) is 0 Å². The van der Waals surface area contributed by atoms with Crippen molar-refractivity contribution in [2.75, 3.05) is 13.1 Å². The van der Waals surface area contributed by atoms with Crippen LogP contribution in [0.25, 0.3) is 0 Å². The van der Waals surface area contributed by atoms with Gasteiger partial charge in [-0.25, -0.2) is 0 Å². The van der Waals surface area contributed by atoms with Crippen LogP contribution in [0, 0.1) is 0 Å². The highest BCUT2D eigenvalue weighted by atomic mass is 35.5. The second-order valence-corrected chi connectivity index (χ2v) is 3.58. The second kappa shape index (κ2) is 5.35. The summed E-state index contributed by atoms with van der Waals surface area (Å²) >= 11 is 0. The Morgan fingerprint density at radius 1 is 1.21 bits per heavy atom. The van der Waals surface area contributed by atoms with Gasteiger partial charge in [-0.05, 0) is 18.5 Å². The molecule has 0 bridgehead atoms. The monoisotopic (exact) mass is 213 g/mol. The van der Waals surface area contributed by atoms with E-state index in [1.54, 1.807) is 0 Å². The molecule has 1 aromatic rings. The molecule has 0 aromatic heterocycles. The zero-order valence-electron chi connectivity index (χ0n) is 8.02. The maximum Gasteiger partial charge on any atom is 0.0733 e. The van der Waals surface area contributed by atoms with E-state index in [1.165, 1.54) is 5.56 Å². The first kappa shape index (κ1) is 11.5. The molecular formula is C11H16ClNO. The zero-order valence-corrected chi connectivity index (χ0v) is 8.83. The molecule has 1 fully saturated rings. The molecule has 0 spiro atoms. The topological polar surface area (TPSA) is 32.3 Å². The van der Waals surface area contributed by atoms with Crippen molar-refractivity contribution in [2.24, 2.45) is 0 Å². The van der Waals surface area contributed by atoms with Crippen LogP contribution in [-0.4, -0.2) is 24.3 Å². The van der Waals surface area contributed by atoms with Gasteiger partial charge in [-0.2, -0.15) is 0 Å². The first-order chi connectivity index (χ1) is 6.38. The Hall–Kier alpha value is -0.570. The van der Waals surface area contributed by atoms with E-state index in [-0.39, 0.29) is 18.5 Å². The summed E-state index contributed by atoms with van der Waals surface area (Å²) in [6.07, 6.45) is 0.807. The number of benzene rings is 1. The molecule has 1 aromatic carbocycles. The maximum atomic E-state index is 9.76. The summed E-state index contributed by atoms with van der Waals surface area (Å²) in [5.74, 6) is 0.322. The van der Waals surface area contributed by atoms with E-state index >= 15 is 0 Å². The molecule has 1 aliphatic rings. The lowest BCUT2D eigenvalue weighted by atomic mass is 9.88. The minimum Gasteiger partial charge on any atom is -0.391 e. The fraction of sp³-hybridized carbons (Fsp3) is 0.455. The molecule has 2 atom stereocenters. The average molecular weight is 214 g/mol. The van der Waals surface area contributed by atoms with Crippen LogP contribution >= 0.6 is 12.4 Å². The molecule has 0 amide bonds. The molecule has 2 N–H and O–H groups in total. The number of aliphatic hydroxyl groups is 1. The van der Waals surface area contributed by atoms with Gasteiger partial charge in [-0.1, -0.05) is 30.3 Å². The SMILES string of the molecule is Cl.O[C@H]1CNCC[C@@H]1c1ccccc1. The smallest absolute Gasteiger partial charge is 0.0733 e. The van der Waals surface area contributed by atoms with Crippen LogP contribution in [-0.2, 0) is 0 Å². The van der Waals surface area contributed by atoms with E-state index in [2.05, 4.69) is 17.4 Å². The van der Waals surface area contributed by atoms with Crippen molar-refractivity contribution < 1.29 is 5.11 Å². The highest BCUT2D eigenvalue weighted by molar-refractivity contribution is 5.85. The molecule has 0 radical (unpaired) electrons. The highest BCUT2D eigenvalue weighted by Crippen LogP contribution is 2.24. The molecular weight excluding hydrogens is 198 g/mol. The number of hydrogen-bond donors (Lipinski definition) is 2. The van der Waals surface area contributed by atoms with Crippen molar-refractivity contribution in [1.29, 1.82) is 0 Å². The van der Waals surface area contributed by atoms with Crippen molar-refractivity contribution in [1.82, 2.24) is 5.32 Å². The Kier molecular flexibility index (Phi) is 4.39. The molecule has 2 nitrogen and oxygen atoms in total. The van der Waals surface area contributed by atoms with Gasteiger partial charge in [-0.3, -0.25) is 0 Å². The Morgan fingerprint density at radius 2 is 1.93 bits per heavy atom. The Bertz CT molecular complexity index is 265. The van der Waals surface area contributed by atoms with Gasteiger partial charge in [-0.15, -0.1) is 12.4 Å². The van der Waals surface area contributed by atoms with Crippen LogP contribution in [0.5, 0.6) is 0 Å². The Labute approximate surface area is 90.7 Å². The molecule has 1 saturated heterocycles. The predicted molar refractivity (Wildman–Crippen MR) is 59.9 cm³/mol. The number of nitrogens with one attached hydrogen (secondary N) is 1. The largest absolute Gasteiger partial charge is 0.391 e. The molecule has 0 aliphatic carbocycles. The van der Waals surface area contributed by atoms with Gasteiger partial charge in [0.25, 0.3) is 0 Å². The molecule has 0 unspecified atom stereocenters. The molecule has 3 heteroatoms. The summed E-state index contributed by atoms with van der Waals surface area (Å²) in [4.78, 5) is 0. The third-order valence-electron chi connectivity index (χ3n) is 2.68. The number of rotatable bonds is 1. The molecule has 1 aliphatic heterocycles. The Balaban J connectivity index is 0.000000980. The van der Waals surface area contributed by atoms with E-state index < -0.39 is 0 Å². The van der Waals surface area contributed by atoms with Crippen LogP contribution in [0.1, 0.15) is 17.9 Å². The lowest BCUT2D eigenvalue weighted by Crippen LogP contribution is -2.39. The predicted octanol–water partition coefficient (Wildman–Crippen LogP) is 1.55. The van der Waals surface area contributed by atoms with E-state index in [0.717, 1.165) is 19.5 Å². The van der Waals surface area contributed by atoms with Gasteiger partial charge in [0, 0.05) is 12.5 Å². The number of aliphatic hydroxyl groups excluding tert-OH is 1. The minimum absolute atomic E-state index is 0. The first-order valence-electron chi connectivity index (χ1n) is 4.81. The molecule has 0 saturated carbocycles. The van der Waals surface area contributed by atoms with Crippen molar-refractivity contribution in [3.63, 3.8) is 0 Å². The van der Waals surface area contributed by atoms with Crippen molar-refractivity contribution in [3.8, 4) is 0 Å². The summed E-state index contributed by atoms with van der Waals surface area (Å²) in [7, 11) is 0. The quantitative estimate of drug-likeness (QED) is 0.742. The maximum absolute atomic E-state index is 9.76. The van der Waals surface area contributed by atoms with Crippen molar-refractivity contribution in [2.45, 2.75) is 18.4 Å². The summed E-state index contributed by atoms with van der Waals surface area (Å²) in [6, 6.07) is 10.3. The molecule has 1 heterocycles. The third-order valence-corrected chi connectivity index (χ3v) is 2.68. The van der Waals surface area contributed by atoms with Crippen LogP contribution < -0.4 is 5.32 Å². The standard InChI is InChI=1S/C11H15NO.ClH/c13-11-8-12-7-6-10(11)9-4-2-1-3-5-9;/h1-5,10-13H,6-8H2;1H/t10-,11+;/m1./s1. The number of halogens is 1. The number of β-amino-alcohol motifs (C(OH)–C–C–N with tert-alkyl or cyclic N) is 1. The van der Waals surface area contributed by atoms with E-state index in [1.807, 2.05) is 18.2 Å². The van der Waals surface area contributed by atoms with Crippen LogP contribution in [0.2, 0.25) is 0 Å². The van der Waals surface area contributed by atoms with Gasteiger partial charge >= 0.3 is 0 Å². The van der Waals surface area contributed by atoms with E-state index in [4.69, 9.17) is 0 Å². The first-order valence-corrected chi connectivity index (χ1v) is 4.81. The van der Waals surface area contributed by atoms with Crippen LogP contribution in [0.3, 0.4) is 0 Å². The fourth-order valence-electron chi connectivity index (χ4n) is 1.93. The number of piperidine rings is 1. The fourth-order valence-corrected chi connectivity index (χ4v) is 1.93. The number of hydrogen-bond acceptors (Lipinski definition) is 2. The van der Waals surface area contributed by atoms with Gasteiger partial charge in [0.05, 0.1) is 6.10 Å². The normalized spacial score (nSPS) is 26.6. The van der Waals surface area contributed by atoms with Crippen LogP contribution in [0.15, 0.2) is 30.3 Å². The lowest BCUT2D eigenvalue weighted by molar-refractivity contribution is 0.118. The molecule has 78 valence electrons. The Morgan fingerprint density at radius 3 is 2.57 bits per heavy atom. The summed E-state index contributed by atoms with van der Waals surface area (Å²) in [6.45, 7) is 1.73. The van der Waals surface area contributed by atoms with Crippen LogP contribution in [0.4, 0.5) is 0 Å². The van der Waals surface area contributed by atoms with Gasteiger partial charge in [0.2, 0.25) is 0 Å². The molecule has 14 heavy (non-hydrogen) atoms. The summed E-state index contributed by atoms with van der Waals surface area (Å²) < 4.78 is 0. The van der Waals surface area contributed by atoms with Gasteiger partial charge < -0.3 is 10.4 Å². The van der Waals surface area contributed by atoms with E-state index in [9.17, 15) is 5.11 Å². The van der Waals surface area contributed by atoms with Crippen molar-refractivity contribution >= 4 is 12.4 Å². The minimum atomic E-state index is -0.226.